The van der Waals surface area contributed by atoms with Crippen LogP contribution in [-0.4, -0.2) is 64.5 Å². The molecule has 158 valence electrons. The summed E-state index contributed by atoms with van der Waals surface area (Å²) < 4.78 is 12.0. The lowest BCUT2D eigenvalue weighted by Crippen LogP contribution is -2.46. The highest BCUT2D eigenvalue weighted by Gasteiger charge is 2.37. The fourth-order valence-electron chi connectivity index (χ4n) is 5.86. The molecule has 3 aliphatic carbocycles. The topological polar surface area (TPSA) is 67.7 Å². The van der Waals surface area contributed by atoms with E-state index in [1.54, 1.807) is 6.33 Å². The van der Waals surface area contributed by atoms with Gasteiger partial charge in [0.15, 0.2) is 0 Å². The van der Waals surface area contributed by atoms with Crippen LogP contribution >= 0.6 is 0 Å². The molecule has 1 saturated heterocycles. The third-order valence-electron chi connectivity index (χ3n) is 7.23. The molecule has 6 nitrogen and oxygen atoms in total. The highest BCUT2D eigenvalue weighted by atomic mass is 16.5. The predicted molar refractivity (Wildman–Crippen MR) is 111 cm³/mol. The van der Waals surface area contributed by atoms with Crippen molar-refractivity contribution in [1.29, 1.82) is 0 Å². The highest BCUT2D eigenvalue weighted by Crippen LogP contribution is 2.50. The molecular formula is C23H33N3O3. The van der Waals surface area contributed by atoms with Crippen LogP contribution in [0.2, 0.25) is 0 Å². The Kier molecular flexibility index (Phi) is 5.59. The number of rotatable bonds is 5. The molecule has 6 heteroatoms. The van der Waals surface area contributed by atoms with Crippen molar-refractivity contribution in [2.45, 2.75) is 76.5 Å². The Bertz CT molecular complexity index is 765. The number of allylic oxidation sites excluding steroid dienone is 2. The molecule has 1 saturated carbocycles. The van der Waals surface area contributed by atoms with Gasteiger partial charge in [-0.1, -0.05) is 5.57 Å². The number of ether oxygens (including phenoxy) is 2. The molecule has 1 aromatic heterocycles. The number of hydrogen-bond acceptors (Lipinski definition) is 6. The van der Waals surface area contributed by atoms with Crippen molar-refractivity contribution in [1.82, 2.24) is 14.9 Å². The summed E-state index contributed by atoms with van der Waals surface area (Å²) in [5.41, 5.74) is 5.16. The van der Waals surface area contributed by atoms with Crippen LogP contribution in [0.15, 0.2) is 11.9 Å². The van der Waals surface area contributed by atoms with Gasteiger partial charge < -0.3 is 14.6 Å². The fraction of sp³-hybridized carbons (Fsp3) is 0.739. The summed E-state index contributed by atoms with van der Waals surface area (Å²) in [6, 6.07) is 0.675. The second-order valence-electron chi connectivity index (χ2n) is 9.21. The zero-order valence-corrected chi connectivity index (χ0v) is 17.5. The summed E-state index contributed by atoms with van der Waals surface area (Å²) >= 11 is 0. The van der Waals surface area contributed by atoms with Crippen molar-refractivity contribution in [2.75, 3.05) is 26.3 Å². The molecule has 1 aromatic rings. The number of aromatic nitrogens is 2. The van der Waals surface area contributed by atoms with Gasteiger partial charge in [-0.2, -0.15) is 0 Å². The van der Waals surface area contributed by atoms with Gasteiger partial charge in [0, 0.05) is 25.6 Å². The Labute approximate surface area is 173 Å². The van der Waals surface area contributed by atoms with Crippen molar-refractivity contribution < 1.29 is 14.6 Å². The maximum Gasteiger partial charge on any atom is 0.224 e. The van der Waals surface area contributed by atoms with Crippen LogP contribution in [0.25, 0.3) is 5.57 Å². The van der Waals surface area contributed by atoms with E-state index in [1.165, 1.54) is 24.0 Å². The molecule has 1 N–H and O–H groups in total. The number of hydrogen-bond donors (Lipinski definition) is 1. The van der Waals surface area contributed by atoms with Crippen molar-refractivity contribution in [2.24, 2.45) is 5.92 Å². The number of nitrogens with zero attached hydrogens (tertiary/aromatic N) is 3. The lowest BCUT2D eigenvalue weighted by Gasteiger charge is -2.38. The monoisotopic (exact) mass is 399 g/mol. The minimum Gasteiger partial charge on any atom is -0.474 e. The standard InChI is InChI=1S/C23H33N3O3/c1-15(27)12-16-2-3-17-13-20-22(21(16)17)23(25-14-24-20)29-19-6-4-18(5-7-19)26-8-10-28-11-9-26/h14-16,18-19,27H,2-13H2,1H3/t15-,16-,18-,19-/m1/s1. The Balaban J connectivity index is 1.27. The van der Waals surface area contributed by atoms with Crippen LogP contribution in [0.4, 0.5) is 0 Å². The van der Waals surface area contributed by atoms with Crippen molar-refractivity contribution >= 4 is 5.57 Å². The van der Waals surface area contributed by atoms with Gasteiger partial charge in [-0.05, 0) is 63.4 Å². The first-order valence-electron chi connectivity index (χ1n) is 11.4. The summed E-state index contributed by atoms with van der Waals surface area (Å²) in [4.78, 5) is 11.7. The highest BCUT2D eigenvalue weighted by molar-refractivity contribution is 5.81. The van der Waals surface area contributed by atoms with E-state index < -0.39 is 0 Å². The summed E-state index contributed by atoms with van der Waals surface area (Å²) in [6.07, 6.45) is 10.2. The quantitative estimate of drug-likeness (QED) is 0.821. The van der Waals surface area contributed by atoms with Crippen molar-refractivity contribution in [3.8, 4) is 5.88 Å². The first-order valence-corrected chi connectivity index (χ1v) is 11.4. The first-order chi connectivity index (χ1) is 14.2. The SMILES string of the molecule is C[C@@H](O)C[C@H]1CCC2=C1c1c(ncnc1O[C@H]1CC[C@H](N3CCOCC3)CC1)C2. The van der Waals surface area contributed by atoms with Crippen LogP contribution in [0, 0.1) is 5.92 Å². The second-order valence-corrected chi connectivity index (χ2v) is 9.21. The zero-order chi connectivity index (χ0) is 19.8. The lowest BCUT2D eigenvalue weighted by molar-refractivity contribution is -0.00143. The van der Waals surface area contributed by atoms with Crippen LogP contribution in [-0.2, 0) is 11.2 Å². The minimum atomic E-state index is -0.277. The van der Waals surface area contributed by atoms with E-state index in [1.807, 2.05) is 6.92 Å². The van der Waals surface area contributed by atoms with Gasteiger partial charge in [0.1, 0.15) is 12.4 Å². The maximum atomic E-state index is 9.95. The van der Waals surface area contributed by atoms with Crippen LogP contribution in [0.1, 0.15) is 63.1 Å². The molecule has 2 atom stereocenters. The molecule has 0 amide bonds. The van der Waals surface area contributed by atoms with Crippen LogP contribution in [0.3, 0.4) is 0 Å². The Morgan fingerprint density at radius 3 is 2.72 bits per heavy atom. The zero-order valence-electron chi connectivity index (χ0n) is 17.5. The van der Waals surface area contributed by atoms with E-state index in [-0.39, 0.29) is 12.2 Å². The van der Waals surface area contributed by atoms with Crippen LogP contribution in [0.5, 0.6) is 5.88 Å². The summed E-state index contributed by atoms with van der Waals surface area (Å²) in [7, 11) is 0. The number of aliphatic hydroxyl groups is 1. The molecule has 29 heavy (non-hydrogen) atoms. The molecule has 2 fully saturated rings. The average Bonchev–Trinajstić information content (AvgIpc) is 3.29. The molecule has 1 aliphatic heterocycles. The first kappa shape index (κ1) is 19.5. The Morgan fingerprint density at radius 2 is 1.97 bits per heavy atom. The van der Waals surface area contributed by atoms with Gasteiger partial charge in [0.2, 0.25) is 5.88 Å². The van der Waals surface area contributed by atoms with E-state index in [4.69, 9.17) is 9.47 Å². The fourth-order valence-corrected chi connectivity index (χ4v) is 5.86. The van der Waals surface area contributed by atoms with Gasteiger partial charge >= 0.3 is 0 Å². The lowest BCUT2D eigenvalue weighted by atomic mass is 9.90. The minimum absolute atomic E-state index is 0.243. The largest absolute Gasteiger partial charge is 0.474 e. The molecule has 0 radical (unpaired) electrons. The molecule has 0 unspecified atom stereocenters. The molecular weight excluding hydrogens is 366 g/mol. The third-order valence-corrected chi connectivity index (χ3v) is 7.23. The van der Waals surface area contributed by atoms with E-state index >= 15 is 0 Å². The summed E-state index contributed by atoms with van der Waals surface area (Å²) in [6.45, 7) is 5.76. The third kappa shape index (κ3) is 3.94. The van der Waals surface area contributed by atoms with E-state index in [2.05, 4.69) is 14.9 Å². The summed E-state index contributed by atoms with van der Waals surface area (Å²) in [5.74, 6) is 1.20. The van der Waals surface area contributed by atoms with E-state index in [9.17, 15) is 5.11 Å². The van der Waals surface area contributed by atoms with Gasteiger partial charge in [-0.15, -0.1) is 0 Å². The molecule has 0 bridgehead atoms. The van der Waals surface area contributed by atoms with Crippen molar-refractivity contribution in [3.63, 3.8) is 0 Å². The molecule has 5 rings (SSSR count). The van der Waals surface area contributed by atoms with Crippen molar-refractivity contribution in [3.05, 3.63) is 23.2 Å². The normalized spacial score (nSPS) is 30.9. The van der Waals surface area contributed by atoms with Gasteiger partial charge in [-0.25, -0.2) is 9.97 Å². The molecule has 2 heterocycles. The number of aliphatic hydroxyl groups excluding tert-OH is 1. The van der Waals surface area contributed by atoms with E-state index in [0.29, 0.717) is 12.0 Å². The van der Waals surface area contributed by atoms with E-state index in [0.717, 1.165) is 82.0 Å². The maximum absolute atomic E-state index is 9.95. The predicted octanol–water partition coefficient (Wildman–Crippen LogP) is 2.99. The Hall–Kier alpha value is -1.50. The average molecular weight is 400 g/mol. The number of fused-ring (bicyclic) bond motifs is 2. The van der Waals surface area contributed by atoms with Gasteiger partial charge in [0.25, 0.3) is 0 Å². The molecule has 0 spiro atoms. The Morgan fingerprint density at radius 1 is 1.17 bits per heavy atom. The molecule has 0 aromatic carbocycles. The van der Waals surface area contributed by atoms with Crippen LogP contribution < -0.4 is 4.74 Å². The van der Waals surface area contributed by atoms with Gasteiger partial charge in [0.05, 0.1) is 30.6 Å². The molecule has 4 aliphatic rings. The smallest absolute Gasteiger partial charge is 0.224 e. The second kappa shape index (κ2) is 8.32. The number of morpholine rings is 1. The summed E-state index contributed by atoms with van der Waals surface area (Å²) in [5, 5.41) is 9.95. The van der Waals surface area contributed by atoms with Gasteiger partial charge in [-0.3, -0.25) is 4.90 Å².